The summed E-state index contributed by atoms with van der Waals surface area (Å²) >= 11 is 21.7. The van der Waals surface area contributed by atoms with Crippen molar-refractivity contribution in [2.75, 3.05) is 0 Å². The zero-order valence-corrected chi connectivity index (χ0v) is 13.9. The minimum atomic E-state index is 0.379. The maximum Gasteiger partial charge on any atom is 0.162 e. The lowest BCUT2D eigenvalue weighted by Crippen LogP contribution is -1.99. The minimum absolute atomic E-state index is 0.379. The van der Waals surface area contributed by atoms with Gasteiger partial charge in [0.2, 0.25) is 0 Å². The second-order valence-corrected chi connectivity index (χ2v) is 5.89. The van der Waals surface area contributed by atoms with E-state index in [0.717, 1.165) is 23.0 Å². The molecule has 0 unspecified atom stereocenters. The molecule has 2 aromatic rings. The van der Waals surface area contributed by atoms with Gasteiger partial charge in [0.25, 0.3) is 0 Å². The molecular weight excluding hydrogens is 370 g/mol. The van der Waals surface area contributed by atoms with Crippen LogP contribution < -0.4 is 0 Å². The van der Waals surface area contributed by atoms with Gasteiger partial charge in [-0.05, 0) is 34.5 Å². The molecule has 0 N–H and O–H groups in total. The van der Waals surface area contributed by atoms with E-state index >= 15 is 0 Å². The van der Waals surface area contributed by atoms with Gasteiger partial charge in [0.15, 0.2) is 5.82 Å². The van der Waals surface area contributed by atoms with Crippen molar-refractivity contribution in [3.05, 3.63) is 43.6 Å². The van der Waals surface area contributed by atoms with Crippen LogP contribution in [0, 0.1) is 0 Å². The van der Waals surface area contributed by atoms with Crippen LogP contribution in [0.3, 0.4) is 0 Å². The molecule has 1 aromatic heterocycles. The fraction of sp³-hybridized carbons (Fsp3) is 0.231. The minimum Gasteiger partial charge on any atom is -0.232 e. The second-order valence-electron chi connectivity index (χ2n) is 3.95. The molecule has 2 nitrogen and oxygen atoms in total. The molecule has 0 fully saturated rings. The van der Waals surface area contributed by atoms with Gasteiger partial charge < -0.3 is 0 Å². The molecule has 100 valence electrons. The molecule has 0 aliphatic rings. The molecule has 0 spiro atoms. The lowest BCUT2D eigenvalue weighted by Gasteiger charge is -2.09. The van der Waals surface area contributed by atoms with Gasteiger partial charge in [-0.3, -0.25) is 0 Å². The van der Waals surface area contributed by atoms with Crippen LogP contribution in [-0.4, -0.2) is 9.97 Å². The summed E-state index contributed by atoms with van der Waals surface area (Å²) in [5.74, 6) is 0.490. The van der Waals surface area contributed by atoms with E-state index in [1.807, 2.05) is 12.1 Å². The Balaban J connectivity index is 2.59. The largest absolute Gasteiger partial charge is 0.232 e. The Morgan fingerprint density at radius 1 is 1.16 bits per heavy atom. The van der Waals surface area contributed by atoms with Gasteiger partial charge in [-0.15, -0.1) is 0 Å². The van der Waals surface area contributed by atoms with Crippen LogP contribution in [0.25, 0.3) is 11.4 Å². The molecule has 0 atom stereocenters. The molecule has 0 bridgehead atoms. The first-order valence-corrected chi connectivity index (χ1v) is 7.63. The number of aromatic nitrogens is 2. The van der Waals surface area contributed by atoms with Gasteiger partial charge in [0.1, 0.15) is 5.15 Å². The molecular formula is C13H10BrCl3N2. The fourth-order valence-corrected chi connectivity index (χ4v) is 2.61. The highest BCUT2D eigenvalue weighted by atomic mass is 79.9. The van der Waals surface area contributed by atoms with E-state index in [1.165, 1.54) is 0 Å². The van der Waals surface area contributed by atoms with Gasteiger partial charge in [-0.1, -0.05) is 54.2 Å². The van der Waals surface area contributed by atoms with Crippen LogP contribution in [0.4, 0.5) is 0 Å². The van der Waals surface area contributed by atoms with E-state index in [4.69, 9.17) is 34.8 Å². The van der Waals surface area contributed by atoms with E-state index in [2.05, 4.69) is 32.8 Å². The molecule has 2 rings (SSSR count). The first-order valence-electron chi connectivity index (χ1n) is 5.71. The Bertz CT molecular complexity index is 617. The second kappa shape index (κ2) is 6.40. The predicted octanol–water partition coefficient (Wildman–Crippen LogP) is 5.82. The van der Waals surface area contributed by atoms with Gasteiger partial charge in [0.05, 0.1) is 20.2 Å². The van der Waals surface area contributed by atoms with Crippen molar-refractivity contribution in [3.63, 3.8) is 0 Å². The Hall–Kier alpha value is -0.350. The van der Waals surface area contributed by atoms with Crippen molar-refractivity contribution >= 4 is 50.7 Å². The molecule has 0 saturated heterocycles. The van der Waals surface area contributed by atoms with Crippen molar-refractivity contribution in [1.82, 2.24) is 9.97 Å². The third kappa shape index (κ3) is 3.22. The zero-order chi connectivity index (χ0) is 14.0. The summed E-state index contributed by atoms with van der Waals surface area (Å²) in [7, 11) is 0. The maximum atomic E-state index is 6.18. The van der Waals surface area contributed by atoms with E-state index < -0.39 is 0 Å². The first kappa shape index (κ1) is 15.0. The summed E-state index contributed by atoms with van der Waals surface area (Å²) in [5, 5.41) is 1.29. The number of halogens is 4. The summed E-state index contributed by atoms with van der Waals surface area (Å²) in [4.78, 5) is 8.76. The molecule has 0 radical (unpaired) electrons. The van der Waals surface area contributed by atoms with Crippen LogP contribution in [0.1, 0.15) is 19.0 Å². The number of hydrogen-bond donors (Lipinski definition) is 0. The van der Waals surface area contributed by atoms with Crippen molar-refractivity contribution in [2.24, 2.45) is 0 Å². The van der Waals surface area contributed by atoms with Gasteiger partial charge in [-0.2, -0.15) is 0 Å². The van der Waals surface area contributed by atoms with Crippen LogP contribution in [0.2, 0.25) is 15.2 Å². The first-order chi connectivity index (χ1) is 9.04. The SMILES string of the molecule is CCCc1nc(-c2cccc(Cl)c2Cl)nc(Cl)c1Br. The quantitative estimate of drug-likeness (QED) is 0.627. The third-order valence-corrected chi connectivity index (χ3v) is 4.71. The van der Waals surface area contributed by atoms with Crippen molar-refractivity contribution in [1.29, 1.82) is 0 Å². The number of hydrogen-bond acceptors (Lipinski definition) is 2. The summed E-state index contributed by atoms with van der Waals surface area (Å²) in [5.41, 5.74) is 1.55. The molecule has 0 amide bonds. The van der Waals surface area contributed by atoms with E-state index in [-0.39, 0.29) is 0 Å². The normalized spacial score (nSPS) is 10.8. The topological polar surface area (TPSA) is 25.8 Å². The van der Waals surface area contributed by atoms with E-state index in [1.54, 1.807) is 6.07 Å². The van der Waals surface area contributed by atoms with Gasteiger partial charge in [-0.25, -0.2) is 9.97 Å². The number of benzene rings is 1. The van der Waals surface area contributed by atoms with Crippen molar-refractivity contribution < 1.29 is 0 Å². The number of rotatable bonds is 3. The van der Waals surface area contributed by atoms with Crippen LogP contribution in [0.15, 0.2) is 22.7 Å². The smallest absolute Gasteiger partial charge is 0.162 e. The zero-order valence-electron chi connectivity index (χ0n) is 10.1. The van der Waals surface area contributed by atoms with Crippen LogP contribution in [-0.2, 0) is 6.42 Å². The van der Waals surface area contributed by atoms with E-state index in [0.29, 0.717) is 26.6 Å². The van der Waals surface area contributed by atoms with Crippen molar-refractivity contribution in [2.45, 2.75) is 19.8 Å². The fourth-order valence-electron chi connectivity index (χ4n) is 1.66. The highest BCUT2D eigenvalue weighted by molar-refractivity contribution is 9.10. The summed E-state index contributed by atoms with van der Waals surface area (Å²) in [6.07, 6.45) is 1.78. The molecule has 1 aromatic carbocycles. The molecule has 1 heterocycles. The Kier molecular flexibility index (Phi) is 5.07. The standard InChI is InChI=1S/C13H10BrCl3N2/c1-2-4-9-10(14)12(17)19-13(18-9)7-5-3-6-8(15)11(7)16/h3,5-6H,2,4H2,1H3. The molecule has 0 aliphatic heterocycles. The Morgan fingerprint density at radius 3 is 2.58 bits per heavy atom. The molecule has 0 aliphatic carbocycles. The molecule has 6 heteroatoms. The van der Waals surface area contributed by atoms with Crippen molar-refractivity contribution in [3.8, 4) is 11.4 Å². The van der Waals surface area contributed by atoms with Gasteiger partial charge in [0, 0.05) is 5.56 Å². The highest BCUT2D eigenvalue weighted by Gasteiger charge is 2.14. The summed E-state index contributed by atoms with van der Waals surface area (Å²) in [6, 6.07) is 5.35. The van der Waals surface area contributed by atoms with Crippen LogP contribution >= 0.6 is 50.7 Å². The summed E-state index contributed by atoms with van der Waals surface area (Å²) in [6.45, 7) is 2.08. The lowest BCUT2D eigenvalue weighted by atomic mass is 10.2. The molecule has 19 heavy (non-hydrogen) atoms. The Labute approximate surface area is 135 Å². The highest BCUT2D eigenvalue weighted by Crippen LogP contribution is 2.34. The number of aryl methyl sites for hydroxylation is 1. The Morgan fingerprint density at radius 2 is 1.89 bits per heavy atom. The molecule has 0 saturated carbocycles. The van der Waals surface area contributed by atoms with E-state index in [9.17, 15) is 0 Å². The third-order valence-electron chi connectivity index (χ3n) is 2.56. The number of nitrogens with zero attached hydrogens (tertiary/aromatic N) is 2. The average molecular weight is 380 g/mol. The predicted molar refractivity (Wildman–Crippen MR) is 84.2 cm³/mol. The lowest BCUT2D eigenvalue weighted by molar-refractivity contribution is 0.868. The maximum absolute atomic E-state index is 6.18. The monoisotopic (exact) mass is 378 g/mol. The average Bonchev–Trinajstić information content (AvgIpc) is 2.38. The van der Waals surface area contributed by atoms with Crippen LogP contribution in [0.5, 0.6) is 0 Å². The van der Waals surface area contributed by atoms with Gasteiger partial charge >= 0.3 is 0 Å². The summed E-state index contributed by atoms with van der Waals surface area (Å²) < 4.78 is 0.734.